The zero-order valence-electron chi connectivity index (χ0n) is 8.89. The number of nitrogens with zero attached hydrogens (tertiary/aromatic N) is 2. The van der Waals surface area contributed by atoms with Crippen molar-refractivity contribution < 1.29 is 10.2 Å². The van der Waals surface area contributed by atoms with E-state index in [1.54, 1.807) is 0 Å². The monoisotopic (exact) mass is 210 g/mol. The quantitative estimate of drug-likeness (QED) is 0.754. The first-order valence-corrected chi connectivity index (χ1v) is 5.60. The van der Waals surface area contributed by atoms with Gasteiger partial charge in [0.1, 0.15) is 5.82 Å². The maximum absolute atomic E-state index is 9.15. The van der Waals surface area contributed by atoms with Crippen LogP contribution in [-0.2, 0) is 19.4 Å². The minimum atomic E-state index is 0.214. The Morgan fingerprint density at radius 1 is 1.47 bits per heavy atom. The molecule has 1 aliphatic rings. The summed E-state index contributed by atoms with van der Waals surface area (Å²) in [6.45, 7) is 1.36. The third kappa shape index (κ3) is 2.21. The molecule has 0 saturated carbocycles. The molecule has 4 heteroatoms. The van der Waals surface area contributed by atoms with Crippen molar-refractivity contribution in [3.8, 4) is 0 Å². The Morgan fingerprint density at radius 3 is 3.07 bits per heavy atom. The third-order valence-electron chi connectivity index (χ3n) is 3.09. The highest BCUT2D eigenvalue weighted by molar-refractivity contribution is 5.08. The van der Waals surface area contributed by atoms with E-state index in [-0.39, 0.29) is 13.2 Å². The molecule has 0 saturated heterocycles. The number of aliphatic hydroxyl groups is 2. The molecule has 4 nitrogen and oxygen atoms in total. The average Bonchev–Trinajstić information content (AvgIpc) is 2.68. The molecule has 2 heterocycles. The van der Waals surface area contributed by atoms with Gasteiger partial charge < -0.3 is 14.8 Å². The molecule has 0 aromatic carbocycles. The van der Waals surface area contributed by atoms with E-state index < -0.39 is 0 Å². The van der Waals surface area contributed by atoms with E-state index in [0.717, 1.165) is 38.1 Å². The molecule has 2 N–H and O–H groups in total. The lowest BCUT2D eigenvalue weighted by molar-refractivity contribution is 0.190. The van der Waals surface area contributed by atoms with Gasteiger partial charge in [0, 0.05) is 44.0 Å². The standard InChI is InChI=1S/C11H18N2O2/c14-5-1-2-11-12-6-10-4-3-9(8-15)7-13(10)11/h6,9,14-15H,1-5,7-8H2. The Bertz CT molecular complexity index is 322. The second kappa shape index (κ2) is 4.77. The van der Waals surface area contributed by atoms with Crippen molar-refractivity contribution in [2.75, 3.05) is 13.2 Å². The van der Waals surface area contributed by atoms with Crippen molar-refractivity contribution in [3.63, 3.8) is 0 Å². The van der Waals surface area contributed by atoms with Crippen LogP contribution in [0.4, 0.5) is 0 Å². The van der Waals surface area contributed by atoms with Crippen LogP contribution in [0.15, 0.2) is 6.20 Å². The first-order valence-electron chi connectivity index (χ1n) is 5.60. The molecular weight excluding hydrogens is 192 g/mol. The molecular formula is C11H18N2O2. The first kappa shape index (κ1) is 10.6. The Hall–Kier alpha value is -0.870. The number of hydrogen-bond acceptors (Lipinski definition) is 3. The molecule has 15 heavy (non-hydrogen) atoms. The molecule has 0 aliphatic carbocycles. The highest BCUT2D eigenvalue weighted by Gasteiger charge is 2.20. The third-order valence-corrected chi connectivity index (χ3v) is 3.09. The minimum Gasteiger partial charge on any atom is -0.396 e. The molecule has 1 atom stereocenters. The van der Waals surface area contributed by atoms with E-state index in [1.807, 2.05) is 6.20 Å². The van der Waals surface area contributed by atoms with Gasteiger partial charge >= 0.3 is 0 Å². The number of fused-ring (bicyclic) bond motifs is 1. The fourth-order valence-corrected chi connectivity index (χ4v) is 2.16. The molecule has 1 aromatic heterocycles. The van der Waals surface area contributed by atoms with E-state index in [0.29, 0.717) is 5.92 Å². The van der Waals surface area contributed by atoms with Crippen LogP contribution in [0.3, 0.4) is 0 Å². The Morgan fingerprint density at radius 2 is 2.33 bits per heavy atom. The van der Waals surface area contributed by atoms with Crippen LogP contribution in [0.5, 0.6) is 0 Å². The van der Waals surface area contributed by atoms with Crippen molar-refractivity contribution >= 4 is 0 Å². The van der Waals surface area contributed by atoms with Gasteiger partial charge in [0.15, 0.2) is 0 Å². The van der Waals surface area contributed by atoms with Crippen molar-refractivity contribution in [1.82, 2.24) is 9.55 Å². The number of hydrogen-bond donors (Lipinski definition) is 2. The second-order valence-corrected chi connectivity index (χ2v) is 4.19. The van der Waals surface area contributed by atoms with Crippen LogP contribution < -0.4 is 0 Å². The molecule has 2 rings (SSSR count). The molecule has 1 aromatic rings. The smallest absolute Gasteiger partial charge is 0.108 e. The first-order chi connectivity index (χ1) is 7.35. The lowest BCUT2D eigenvalue weighted by Gasteiger charge is -2.23. The van der Waals surface area contributed by atoms with Gasteiger partial charge in [0.05, 0.1) is 0 Å². The zero-order valence-corrected chi connectivity index (χ0v) is 8.89. The van der Waals surface area contributed by atoms with Gasteiger partial charge in [-0.25, -0.2) is 4.98 Å². The van der Waals surface area contributed by atoms with Crippen LogP contribution in [-0.4, -0.2) is 33.0 Å². The number of aliphatic hydroxyl groups excluding tert-OH is 2. The number of aryl methyl sites for hydroxylation is 2. The number of aromatic nitrogens is 2. The Kier molecular flexibility index (Phi) is 3.38. The van der Waals surface area contributed by atoms with Gasteiger partial charge in [-0.05, 0) is 19.3 Å². The summed E-state index contributed by atoms with van der Waals surface area (Å²) in [5, 5.41) is 17.9. The SMILES string of the molecule is OCCCc1ncc2n1CC(CO)CC2. The zero-order chi connectivity index (χ0) is 10.7. The molecule has 1 aliphatic heterocycles. The highest BCUT2D eigenvalue weighted by atomic mass is 16.3. The van der Waals surface area contributed by atoms with Crippen LogP contribution in [0.2, 0.25) is 0 Å². The summed E-state index contributed by atoms with van der Waals surface area (Å²) in [5.41, 5.74) is 1.27. The molecule has 0 amide bonds. The Labute approximate surface area is 89.6 Å². The largest absolute Gasteiger partial charge is 0.396 e. The molecule has 0 radical (unpaired) electrons. The van der Waals surface area contributed by atoms with Gasteiger partial charge in [-0.15, -0.1) is 0 Å². The second-order valence-electron chi connectivity index (χ2n) is 4.19. The van der Waals surface area contributed by atoms with E-state index in [1.165, 1.54) is 5.69 Å². The molecule has 0 fully saturated rings. The Balaban J connectivity index is 2.10. The van der Waals surface area contributed by atoms with Gasteiger partial charge in [-0.3, -0.25) is 0 Å². The van der Waals surface area contributed by atoms with E-state index in [2.05, 4.69) is 9.55 Å². The summed E-state index contributed by atoms with van der Waals surface area (Å²) in [7, 11) is 0. The lowest BCUT2D eigenvalue weighted by atomic mass is 9.99. The van der Waals surface area contributed by atoms with Crippen molar-refractivity contribution in [1.29, 1.82) is 0 Å². The fourth-order valence-electron chi connectivity index (χ4n) is 2.16. The minimum absolute atomic E-state index is 0.214. The van der Waals surface area contributed by atoms with E-state index >= 15 is 0 Å². The normalized spacial score (nSPS) is 20.3. The summed E-state index contributed by atoms with van der Waals surface area (Å²) in [6, 6.07) is 0. The van der Waals surface area contributed by atoms with Crippen molar-refractivity contribution in [2.45, 2.75) is 32.2 Å². The summed E-state index contributed by atoms with van der Waals surface area (Å²) in [5.74, 6) is 1.43. The topological polar surface area (TPSA) is 58.3 Å². The van der Waals surface area contributed by atoms with E-state index in [9.17, 15) is 0 Å². The van der Waals surface area contributed by atoms with E-state index in [4.69, 9.17) is 10.2 Å². The fraction of sp³-hybridized carbons (Fsp3) is 0.727. The predicted octanol–water partition coefficient (Wildman–Crippen LogP) is 0.363. The molecule has 0 spiro atoms. The number of imidazole rings is 1. The van der Waals surface area contributed by atoms with Crippen LogP contribution in [0.25, 0.3) is 0 Å². The van der Waals surface area contributed by atoms with Gasteiger partial charge in [0.25, 0.3) is 0 Å². The lowest BCUT2D eigenvalue weighted by Crippen LogP contribution is -2.24. The molecule has 84 valence electrons. The number of rotatable bonds is 4. The predicted molar refractivity (Wildman–Crippen MR) is 56.5 cm³/mol. The maximum atomic E-state index is 9.15. The average molecular weight is 210 g/mol. The maximum Gasteiger partial charge on any atom is 0.108 e. The molecule has 1 unspecified atom stereocenters. The van der Waals surface area contributed by atoms with Gasteiger partial charge in [0.2, 0.25) is 0 Å². The van der Waals surface area contributed by atoms with Crippen molar-refractivity contribution in [2.24, 2.45) is 5.92 Å². The molecule has 0 bridgehead atoms. The van der Waals surface area contributed by atoms with Crippen LogP contribution in [0, 0.1) is 5.92 Å². The van der Waals surface area contributed by atoms with Crippen molar-refractivity contribution in [3.05, 3.63) is 17.7 Å². The van der Waals surface area contributed by atoms with Gasteiger partial charge in [-0.2, -0.15) is 0 Å². The van der Waals surface area contributed by atoms with Crippen LogP contribution >= 0.6 is 0 Å². The summed E-state index contributed by atoms with van der Waals surface area (Å²) in [6.07, 6.45) is 5.59. The van der Waals surface area contributed by atoms with Gasteiger partial charge in [-0.1, -0.05) is 0 Å². The summed E-state index contributed by atoms with van der Waals surface area (Å²) in [4.78, 5) is 4.37. The highest BCUT2D eigenvalue weighted by Crippen LogP contribution is 2.21. The summed E-state index contributed by atoms with van der Waals surface area (Å²) >= 11 is 0. The summed E-state index contributed by atoms with van der Waals surface area (Å²) < 4.78 is 2.21. The van der Waals surface area contributed by atoms with Crippen LogP contribution in [0.1, 0.15) is 24.4 Å².